The number of thioether (sulfide) groups is 1. The first kappa shape index (κ1) is 18.8. The maximum atomic E-state index is 12.7. The number of carbonyl (C=O) groups is 2. The number of hydrogen-bond donors (Lipinski definition) is 2. The van der Waals surface area contributed by atoms with Crippen LogP contribution in [0.25, 0.3) is 5.78 Å². The third-order valence-electron chi connectivity index (χ3n) is 3.74. The summed E-state index contributed by atoms with van der Waals surface area (Å²) in [5, 5.41) is 9.10. The summed E-state index contributed by atoms with van der Waals surface area (Å²) in [4.78, 5) is 33.3. The second-order valence-corrected chi connectivity index (χ2v) is 6.97. The van der Waals surface area contributed by atoms with E-state index in [1.807, 2.05) is 50.2 Å². The predicted octanol–water partition coefficient (Wildman–Crippen LogP) is 2.42. The van der Waals surface area contributed by atoms with Gasteiger partial charge in [-0.2, -0.15) is 4.98 Å². The topological polar surface area (TPSA) is 101 Å². The zero-order valence-corrected chi connectivity index (χ0v) is 16.1. The van der Waals surface area contributed by atoms with E-state index in [4.69, 9.17) is 0 Å². The number of amides is 3. The van der Waals surface area contributed by atoms with Crippen molar-refractivity contribution in [3.63, 3.8) is 0 Å². The van der Waals surface area contributed by atoms with E-state index in [2.05, 4.69) is 25.7 Å². The Morgan fingerprint density at radius 1 is 1.19 bits per heavy atom. The number of nitrogens with zero attached hydrogens (tertiary/aromatic N) is 4. The van der Waals surface area contributed by atoms with Gasteiger partial charge in [-0.25, -0.2) is 14.3 Å². The molecule has 8 nitrogen and oxygen atoms in total. The van der Waals surface area contributed by atoms with Crippen LogP contribution in [0.1, 0.15) is 29.1 Å². The molecule has 0 spiro atoms. The summed E-state index contributed by atoms with van der Waals surface area (Å²) in [5.74, 6) is 0.0443. The fraction of sp³-hybridized carbons (Fsp3) is 0.278. The number of fused-ring (bicyclic) bond motifs is 1. The van der Waals surface area contributed by atoms with Gasteiger partial charge in [-0.3, -0.25) is 10.1 Å². The van der Waals surface area contributed by atoms with Crippen molar-refractivity contribution in [3.8, 4) is 0 Å². The van der Waals surface area contributed by atoms with Crippen molar-refractivity contribution in [3.05, 3.63) is 53.3 Å². The number of aryl methyl sites for hydroxylation is 2. The number of benzene rings is 1. The van der Waals surface area contributed by atoms with Gasteiger partial charge in [0.1, 0.15) is 5.25 Å². The molecule has 3 rings (SSSR count). The van der Waals surface area contributed by atoms with Gasteiger partial charge in [0.25, 0.3) is 5.78 Å². The molecular formula is C18H20N6O2S. The molecule has 2 aromatic heterocycles. The number of carbonyl (C=O) groups excluding carboxylic acids is 2. The van der Waals surface area contributed by atoms with Crippen molar-refractivity contribution in [2.45, 2.75) is 31.2 Å². The van der Waals surface area contributed by atoms with Crippen molar-refractivity contribution in [1.82, 2.24) is 30.2 Å². The second kappa shape index (κ2) is 8.17. The molecule has 9 heteroatoms. The molecule has 3 amide bonds. The minimum absolute atomic E-state index is 0.413. The maximum Gasteiger partial charge on any atom is 0.321 e. The van der Waals surface area contributed by atoms with E-state index in [1.54, 1.807) is 11.4 Å². The lowest BCUT2D eigenvalue weighted by Crippen LogP contribution is -2.41. The largest absolute Gasteiger partial charge is 0.338 e. The highest BCUT2D eigenvalue weighted by Gasteiger charge is 2.25. The Bertz CT molecular complexity index is 973. The molecule has 3 aromatic rings. The molecule has 0 saturated carbocycles. The SMILES string of the molecule is CCNC(=O)NC(=O)C(Sc1nc2nc(C)cc(C)n2n1)c1ccccc1. The Balaban J connectivity index is 1.90. The number of rotatable bonds is 5. The van der Waals surface area contributed by atoms with Crippen LogP contribution in [0.2, 0.25) is 0 Å². The maximum absolute atomic E-state index is 12.7. The number of aromatic nitrogens is 4. The smallest absolute Gasteiger partial charge is 0.321 e. The first-order valence-electron chi connectivity index (χ1n) is 8.49. The number of nitrogens with one attached hydrogen (secondary N) is 2. The molecule has 0 aliphatic rings. The molecule has 0 fully saturated rings. The van der Waals surface area contributed by atoms with Gasteiger partial charge in [0, 0.05) is 17.9 Å². The summed E-state index contributed by atoms with van der Waals surface area (Å²) >= 11 is 1.18. The summed E-state index contributed by atoms with van der Waals surface area (Å²) in [6.07, 6.45) is 0. The summed E-state index contributed by atoms with van der Waals surface area (Å²) in [6.45, 7) is 6.02. The molecule has 27 heavy (non-hydrogen) atoms. The summed E-state index contributed by atoms with van der Waals surface area (Å²) < 4.78 is 1.64. The monoisotopic (exact) mass is 384 g/mol. The lowest BCUT2D eigenvalue weighted by atomic mass is 10.1. The fourth-order valence-electron chi connectivity index (χ4n) is 2.59. The molecule has 1 atom stereocenters. The number of hydrogen-bond acceptors (Lipinski definition) is 6. The molecular weight excluding hydrogens is 364 g/mol. The highest BCUT2D eigenvalue weighted by molar-refractivity contribution is 8.00. The van der Waals surface area contributed by atoms with Crippen molar-refractivity contribution in [2.24, 2.45) is 0 Å². The average molecular weight is 384 g/mol. The van der Waals surface area contributed by atoms with E-state index in [0.29, 0.717) is 17.5 Å². The molecule has 0 radical (unpaired) electrons. The van der Waals surface area contributed by atoms with Crippen molar-refractivity contribution in [2.75, 3.05) is 6.54 Å². The van der Waals surface area contributed by atoms with Crippen LogP contribution in [0.3, 0.4) is 0 Å². The Labute approximate surface area is 160 Å². The molecule has 2 N–H and O–H groups in total. The molecule has 1 aromatic carbocycles. The molecule has 1 unspecified atom stereocenters. The zero-order valence-electron chi connectivity index (χ0n) is 15.3. The van der Waals surface area contributed by atoms with Gasteiger partial charge in [-0.15, -0.1) is 5.10 Å². The van der Waals surface area contributed by atoms with Crippen LogP contribution in [0.5, 0.6) is 0 Å². The van der Waals surface area contributed by atoms with Crippen LogP contribution in [-0.2, 0) is 4.79 Å². The van der Waals surface area contributed by atoms with Crippen molar-refractivity contribution in [1.29, 1.82) is 0 Å². The van der Waals surface area contributed by atoms with E-state index < -0.39 is 17.2 Å². The normalized spacial score (nSPS) is 12.0. The van der Waals surface area contributed by atoms with E-state index in [-0.39, 0.29) is 0 Å². The lowest BCUT2D eigenvalue weighted by molar-refractivity contribution is -0.119. The van der Waals surface area contributed by atoms with Gasteiger partial charge in [0.2, 0.25) is 11.1 Å². The summed E-state index contributed by atoms with van der Waals surface area (Å²) in [6, 6.07) is 10.6. The second-order valence-electron chi connectivity index (χ2n) is 5.90. The van der Waals surface area contributed by atoms with Gasteiger partial charge in [-0.05, 0) is 32.4 Å². The van der Waals surface area contributed by atoms with Crippen LogP contribution in [0.4, 0.5) is 4.79 Å². The average Bonchev–Trinajstić information content (AvgIpc) is 3.03. The molecule has 0 aliphatic heterocycles. The predicted molar refractivity (Wildman–Crippen MR) is 103 cm³/mol. The third-order valence-corrected chi connectivity index (χ3v) is 4.84. The van der Waals surface area contributed by atoms with Gasteiger partial charge in [-0.1, -0.05) is 42.1 Å². The van der Waals surface area contributed by atoms with Gasteiger partial charge < -0.3 is 5.32 Å². The quantitative estimate of drug-likeness (QED) is 0.655. The first-order chi connectivity index (χ1) is 13.0. The summed E-state index contributed by atoms with van der Waals surface area (Å²) in [5.41, 5.74) is 2.50. The van der Waals surface area contributed by atoms with E-state index >= 15 is 0 Å². The number of imide groups is 1. The third kappa shape index (κ3) is 4.43. The molecule has 0 aliphatic carbocycles. The Morgan fingerprint density at radius 2 is 1.93 bits per heavy atom. The van der Waals surface area contributed by atoms with Crippen molar-refractivity contribution < 1.29 is 9.59 Å². The molecule has 140 valence electrons. The summed E-state index contributed by atoms with van der Waals surface area (Å²) in [7, 11) is 0. The van der Waals surface area contributed by atoms with E-state index in [1.165, 1.54) is 11.8 Å². The first-order valence-corrected chi connectivity index (χ1v) is 9.37. The minimum atomic E-state index is -0.673. The Hall–Kier alpha value is -2.94. The van der Waals surface area contributed by atoms with Gasteiger partial charge in [0.15, 0.2) is 0 Å². The highest BCUT2D eigenvalue weighted by Crippen LogP contribution is 2.33. The van der Waals surface area contributed by atoms with Crippen LogP contribution >= 0.6 is 11.8 Å². The highest BCUT2D eigenvalue weighted by atomic mass is 32.2. The number of urea groups is 1. The standard InChI is InChI=1S/C18H20N6O2S/c1-4-19-17(26)21-15(25)14(13-8-6-5-7-9-13)27-18-22-16-20-11(2)10-12(3)24(16)23-18/h5-10,14H,4H2,1-3H3,(H2,19,21,25,26). The van der Waals surface area contributed by atoms with E-state index in [0.717, 1.165) is 17.0 Å². The van der Waals surface area contributed by atoms with Gasteiger partial charge >= 0.3 is 6.03 Å². The van der Waals surface area contributed by atoms with Crippen LogP contribution in [0.15, 0.2) is 41.6 Å². The lowest BCUT2D eigenvalue weighted by Gasteiger charge is -2.14. The fourth-order valence-corrected chi connectivity index (χ4v) is 3.52. The Kier molecular flexibility index (Phi) is 5.70. The van der Waals surface area contributed by atoms with Crippen molar-refractivity contribution >= 4 is 29.5 Å². The van der Waals surface area contributed by atoms with Crippen LogP contribution in [0, 0.1) is 13.8 Å². The molecule has 2 heterocycles. The minimum Gasteiger partial charge on any atom is -0.338 e. The van der Waals surface area contributed by atoms with E-state index in [9.17, 15) is 9.59 Å². The zero-order chi connectivity index (χ0) is 19.4. The van der Waals surface area contributed by atoms with Crippen LogP contribution < -0.4 is 10.6 Å². The van der Waals surface area contributed by atoms with Crippen LogP contribution in [-0.4, -0.2) is 38.1 Å². The Morgan fingerprint density at radius 3 is 2.63 bits per heavy atom. The van der Waals surface area contributed by atoms with Gasteiger partial charge in [0.05, 0.1) is 0 Å². The molecule has 0 saturated heterocycles. The molecule has 0 bridgehead atoms.